The zero-order chi connectivity index (χ0) is 12.5. The monoisotopic (exact) mass is 236 g/mol. The topological polar surface area (TPSA) is 45.8 Å². The molecule has 2 heterocycles. The summed E-state index contributed by atoms with van der Waals surface area (Å²) in [6.07, 6.45) is 5.05. The summed E-state index contributed by atoms with van der Waals surface area (Å²) in [6, 6.07) is 9.44. The molecule has 0 bridgehead atoms. The quantitative estimate of drug-likeness (QED) is 0.695. The van der Waals surface area contributed by atoms with E-state index in [4.69, 9.17) is 0 Å². The number of aryl methyl sites for hydroxylation is 1. The van der Waals surface area contributed by atoms with Crippen LogP contribution in [-0.2, 0) is 0 Å². The zero-order valence-corrected chi connectivity index (χ0v) is 9.97. The van der Waals surface area contributed by atoms with E-state index >= 15 is 0 Å². The number of carbonyl (C=O) groups excluding carboxylic acids is 1. The molecular weight excluding hydrogens is 224 g/mol. The first-order valence-electron chi connectivity index (χ1n) is 5.79. The molecule has 0 aliphatic heterocycles. The van der Waals surface area contributed by atoms with Gasteiger partial charge in [-0.3, -0.25) is 9.78 Å². The van der Waals surface area contributed by atoms with Gasteiger partial charge >= 0.3 is 0 Å². The molecule has 88 valence electrons. The Bertz CT molecular complexity index is 714. The predicted octanol–water partition coefficient (Wildman–Crippen LogP) is 3.10. The van der Waals surface area contributed by atoms with Crippen LogP contribution in [0.15, 0.2) is 48.9 Å². The molecule has 0 unspecified atom stereocenters. The number of ketones is 1. The Morgan fingerprint density at radius 3 is 2.72 bits per heavy atom. The highest BCUT2D eigenvalue weighted by Gasteiger charge is 2.14. The highest BCUT2D eigenvalue weighted by molar-refractivity contribution is 6.16. The zero-order valence-electron chi connectivity index (χ0n) is 9.97. The largest absolute Gasteiger partial charge is 0.360 e. The fourth-order valence-corrected chi connectivity index (χ4v) is 2.21. The lowest BCUT2D eigenvalue weighted by molar-refractivity contribution is 0.104. The van der Waals surface area contributed by atoms with Gasteiger partial charge in [0.2, 0.25) is 0 Å². The van der Waals surface area contributed by atoms with Crippen LogP contribution in [0.1, 0.15) is 21.5 Å². The molecule has 3 rings (SSSR count). The normalized spacial score (nSPS) is 10.7. The molecule has 0 aliphatic carbocycles. The van der Waals surface area contributed by atoms with Gasteiger partial charge in [-0.15, -0.1) is 0 Å². The number of hydrogen-bond acceptors (Lipinski definition) is 2. The molecule has 0 fully saturated rings. The Morgan fingerprint density at radius 1 is 1.17 bits per heavy atom. The first kappa shape index (κ1) is 10.7. The van der Waals surface area contributed by atoms with Crippen LogP contribution in [0, 0.1) is 6.92 Å². The maximum atomic E-state index is 12.4. The van der Waals surface area contributed by atoms with Crippen LogP contribution in [0.2, 0.25) is 0 Å². The number of fused-ring (bicyclic) bond motifs is 1. The summed E-state index contributed by atoms with van der Waals surface area (Å²) in [5.74, 6) is 0.0259. The molecule has 3 heteroatoms. The van der Waals surface area contributed by atoms with Crippen LogP contribution in [0.25, 0.3) is 10.9 Å². The van der Waals surface area contributed by atoms with Crippen molar-refractivity contribution in [3.05, 3.63) is 65.6 Å². The van der Waals surface area contributed by atoms with Crippen molar-refractivity contribution >= 4 is 16.7 Å². The number of benzene rings is 1. The summed E-state index contributed by atoms with van der Waals surface area (Å²) < 4.78 is 0. The SMILES string of the molecule is Cc1cccc2[nH]cc(C(=O)c3ccncc3)c12. The van der Waals surface area contributed by atoms with E-state index in [1.807, 2.05) is 25.1 Å². The maximum Gasteiger partial charge on any atom is 0.195 e. The van der Waals surface area contributed by atoms with Gasteiger partial charge in [-0.25, -0.2) is 0 Å². The number of hydrogen-bond donors (Lipinski definition) is 1. The van der Waals surface area contributed by atoms with E-state index in [0.717, 1.165) is 16.5 Å². The third-order valence-electron chi connectivity index (χ3n) is 3.10. The molecule has 3 aromatic rings. The van der Waals surface area contributed by atoms with Gasteiger partial charge in [-0.2, -0.15) is 0 Å². The van der Waals surface area contributed by atoms with Gasteiger partial charge < -0.3 is 4.98 Å². The van der Waals surface area contributed by atoms with Crippen molar-refractivity contribution in [2.75, 3.05) is 0 Å². The van der Waals surface area contributed by atoms with E-state index in [9.17, 15) is 4.79 Å². The van der Waals surface area contributed by atoms with Gasteiger partial charge in [0.15, 0.2) is 5.78 Å². The van der Waals surface area contributed by atoms with Crippen LogP contribution in [-0.4, -0.2) is 15.8 Å². The number of aromatic amines is 1. The lowest BCUT2D eigenvalue weighted by Crippen LogP contribution is -2.00. The number of rotatable bonds is 2. The number of aromatic nitrogens is 2. The first-order valence-corrected chi connectivity index (χ1v) is 5.79. The number of H-pyrrole nitrogens is 1. The standard InChI is InChI=1S/C15H12N2O/c1-10-3-2-4-13-14(10)12(9-17-13)15(18)11-5-7-16-8-6-11/h2-9,17H,1H3. The van der Waals surface area contributed by atoms with Gasteiger partial charge in [-0.05, 0) is 30.7 Å². The molecule has 18 heavy (non-hydrogen) atoms. The fraction of sp³-hybridized carbons (Fsp3) is 0.0667. The Labute approximate surface area is 104 Å². The van der Waals surface area contributed by atoms with Crippen LogP contribution >= 0.6 is 0 Å². The van der Waals surface area contributed by atoms with Gasteiger partial charge in [0.25, 0.3) is 0 Å². The molecule has 0 spiro atoms. The Hall–Kier alpha value is -2.42. The van der Waals surface area contributed by atoms with Crippen LogP contribution in [0.4, 0.5) is 0 Å². The number of nitrogens with one attached hydrogen (secondary N) is 1. The summed E-state index contributed by atoms with van der Waals surface area (Å²) in [4.78, 5) is 19.5. The van der Waals surface area contributed by atoms with Crippen molar-refractivity contribution in [1.29, 1.82) is 0 Å². The lowest BCUT2D eigenvalue weighted by Gasteiger charge is -2.01. The predicted molar refractivity (Wildman–Crippen MR) is 70.7 cm³/mol. The molecule has 0 radical (unpaired) electrons. The lowest BCUT2D eigenvalue weighted by atomic mass is 10.0. The molecule has 0 saturated carbocycles. The van der Waals surface area contributed by atoms with Gasteiger partial charge in [0.1, 0.15) is 0 Å². The second-order valence-corrected chi connectivity index (χ2v) is 4.26. The number of carbonyl (C=O) groups is 1. The van der Waals surface area contributed by atoms with E-state index in [-0.39, 0.29) is 5.78 Å². The Balaban J connectivity index is 2.19. The van der Waals surface area contributed by atoms with E-state index in [1.54, 1.807) is 30.7 Å². The van der Waals surface area contributed by atoms with E-state index in [2.05, 4.69) is 9.97 Å². The summed E-state index contributed by atoms with van der Waals surface area (Å²) in [6.45, 7) is 2.01. The minimum absolute atomic E-state index is 0.0259. The highest BCUT2D eigenvalue weighted by Crippen LogP contribution is 2.24. The van der Waals surface area contributed by atoms with Gasteiger partial charge in [0, 0.05) is 40.6 Å². The third-order valence-corrected chi connectivity index (χ3v) is 3.10. The minimum Gasteiger partial charge on any atom is -0.360 e. The summed E-state index contributed by atoms with van der Waals surface area (Å²) >= 11 is 0. The highest BCUT2D eigenvalue weighted by atomic mass is 16.1. The van der Waals surface area contributed by atoms with Crippen molar-refractivity contribution in [2.45, 2.75) is 6.92 Å². The van der Waals surface area contributed by atoms with E-state index < -0.39 is 0 Å². The molecule has 0 saturated heterocycles. The Morgan fingerprint density at radius 2 is 1.94 bits per heavy atom. The summed E-state index contributed by atoms with van der Waals surface area (Å²) in [5, 5.41) is 0.999. The Kier molecular flexibility index (Phi) is 2.45. The second-order valence-electron chi connectivity index (χ2n) is 4.26. The molecule has 1 N–H and O–H groups in total. The number of pyridine rings is 1. The van der Waals surface area contributed by atoms with Crippen molar-refractivity contribution in [1.82, 2.24) is 9.97 Å². The average molecular weight is 236 g/mol. The van der Waals surface area contributed by atoms with Crippen molar-refractivity contribution in [2.24, 2.45) is 0 Å². The van der Waals surface area contributed by atoms with E-state index in [1.165, 1.54) is 0 Å². The fourth-order valence-electron chi connectivity index (χ4n) is 2.21. The molecule has 2 aromatic heterocycles. The van der Waals surface area contributed by atoms with Gasteiger partial charge in [-0.1, -0.05) is 12.1 Å². The van der Waals surface area contributed by atoms with Crippen LogP contribution in [0.5, 0.6) is 0 Å². The van der Waals surface area contributed by atoms with Gasteiger partial charge in [0.05, 0.1) is 0 Å². The smallest absolute Gasteiger partial charge is 0.195 e. The number of nitrogens with zero attached hydrogens (tertiary/aromatic N) is 1. The summed E-state index contributed by atoms with van der Waals surface area (Å²) in [7, 11) is 0. The van der Waals surface area contributed by atoms with Crippen molar-refractivity contribution < 1.29 is 4.79 Å². The maximum absolute atomic E-state index is 12.4. The van der Waals surface area contributed by atoms with Crippen LogP contribution < -0.4 is 0 Å². The first-order chi connectivity index (χ1) is 8.77. The molecule has 1 aromatic carbocycles. The van der Waals surface area contributed by atoms with Crippen molar-refractivity contribution in [3.63, 3.8) is 0 Å². The van der Waals surface area contributed by atoms with Crippen molar-refractivity contribution in [3.8, 4) is 0 Å². The summed E-state index contributed by atoms with van der Waals surface area (Å²) in [5.41, 5.74) is 3.47. The third kappa shape index (κ3) is 1.61. The average Bonchev–Trinajstić information content (AvgIpc) is 2.84. The molecule has 0 atom stereocenters. The molecule has 3 nitrogen and oxygen atoms in total. The van der Waals surface area contributed by atoms with Crippen LogP contribution in [0.3, 0.4) is 0 Å². The minimum atomic E-state index is 0.0259. The molecule has 0 aliphatic rings. The second kappa shape index (κ2) is 4.11. The molecular formula is C15H12N2O. The molecule has 0 amide bonds. The van der Waals surface area contributed by atoms with E-state index in [0.29, 0.717) is 11.1 Å².